The summed E-state index contributed by atoms with van der Waals surface area (Å²) in [4.78, 5) is 11.2. The third-order valence-electron chi connectivity index (χ3n) is 3.29. The summed E-state index contributed by atoms with van der Waals surface area (Å²) in [7, 11) is 0. The van der Waals surface area contributed by atoms with E-state index in [-0.39, 0.29) is 16.3 Å². The number of furan rings is 1. The lowest BCUT2D eigenvalue weighted by Crippen LogP contribution is -2.31. The molecule has 1 aromatic rings. The van der Waals surface area contributed by atoms with Crippen LogP contribution in [0.15, 0.2) is 9.52 Å². The number of carboxylic acid groups (broad SMARTS) is 1. The summed E-state index contributed by atoms with van der Waals surface area (Å²) < 4.78 is 5.50. The van der Waals surface area contributed by atoms with Gasteiger partial charge in [0.15, 0.2) is 5.11 Å². The van der Waals surface area contributed by atoms with Crippen molar-refractivity contribution in [3.05, 3.63) is 22.6 Å². The zero-order valence-electron chi connectivity index (χ0n) is 11.6. The van der Waals surface area contributed by atoms with Crippen molar-refractivity contribution < 1.29 is 14.3 Å². The standard InChI is InChI=1S/C13H17N3O3S/c1-6-9-7(15-16-12(14)20)4-13(2,3)5-8(9)19-10(6)11(17)18/h4-5H2,1-3H3,(H,17,18)(H3,14,16,20). The number of carbonyl (C=O) groups is 1. The molecule has 0 radical (unpaired) electrons. The van der Waals surface area contributed by atoms with Crippen LogP contribution in [0.25, 0.3) is 0 Å². The molecule has 7 heteroatoms. The molecule has 1 aliphatic rings. The second-order valence-electron chi connectivity index (χ2n) is 5.71. The molecule has 0 aliphatic heterocycles. The van der Waals surface area contributed by atoms with Crippen LogP contribution in [0.2, 0.25) is 0 Å². The molecule has 1 aliphatic carbocycles. The average Bonchev–Trinajstić information content (AvgIpc) is 2.62. The van der Waals surface area contributed by atoms with E-state index in [9.17, 15) is 4.79 Å². The first-order valence-electron chi connectivity index (χ1n) is 6.19. The number of fused-ring (bicyclic) bond motifs is 1. The first-order chi connectivity index (χ1) is 9.21. The van der Waals surface area contributed by atoms with E-state index in [4.69, 9.17) is 27.5 Å². The lowest BCUT2D eigenvalue weighted by atomic mass is 9.75. The Bertz CT molecular complexity index is 617. The summed E-state index contributed by atoms with van der Waals surface area (Å²) in [6.45, 7) is 5.87. The van der Waals surface area contributed by atoms with Gasteiger partial charge in [0.1, 0.15) is 5.76 Å². The molecule has 2 rings (SSSR count). The molecule has 0 atom stereocenters. The molecule has 0 unspecified atom stereocenters. The molecule has 0 bridgehead atoms. The van der Waals surface area contributed by atoms with E-state index in [0.717, 1.165) is 11.3 Å². The van der Waals surface area contributed by atoms with Gasteiger partial charge in [-0.15, -0.1) is 0 Å². The molecule has 0 saturated carbocycles. The fourth-order valence-corrected chi connectivity index (χ4v) is 2.58. The number of carboxylic acids is 1. The van der Waals surface area contributed by atoms with Gasteiger partial charge in [0.2, 0.25) is 5.76 Å². The maximum Gasteiger partial charge on any atom is 0.372 e. The summed E-state index contributed by atoms with van der Waals surface area (Å²) >= 11 is 4.74. The maximum atomic E-state index is 11.2. The number of nitrogens with two attached hydrogens (primary N) is 1. The van der Waals surface area contributed by atoms with E-state index < -0.39 is 5.97 Å². The van der Waals surface area contributed by atoms with Crippen molar-refractivity contribution in [2.24, 2.45) is 16.3 Å². The quantitative estimate of drug-likeness (QED) is 0.568. The SMILES string of the molecule is Cc1c(C(=O)O)oc2c1C(=NNC(N)=S)CC(C)(C)C2. The summed E-state index contributed by atoms with van der Waals surface area (Å²) in [6, 6.07) is 0. The Balaban J connectivity index is 2.55. The monoisotopic (exact) mass is 295 g/mol. The highest BCUT2D eigenvalue weighted by atomic mass is 32.1. The van der Waals surface area contributed by atoms with Gasteiger partial charge >= 0.3 is 5.97 Å². The van der Waals surface area contributed by atoms with Crippen LogP contribution in [0.3, 0.4) is 0 Å². The minimum Gasteiger partial charge on any atom is -0.475 e. The highest BCUT2D eigenvalue weighted by molar-refractivity contribution is 7.80. The van der Waals surface area contributed by atoms with E-state index in [1.165, 1.54) is 0 Å². The molecule has 6 nitrogen and oxygen atoms in total. The number of hydrogen-bond acceptors (Lipinski definition) is 4. The summed E-state index contributed by atoms with van der Waals surface area (Å²) in [5.74, 6) is -0.452. The molecule has 4 N–H and O–H groups in total. The largest absolute Gasteiger partial charge is 0.475 e. The minimum atomic E-state index is -1.07. The molecular weight excluding hydrogens is 278 g/mol. The number of hydrazone groups is 1. The Hall–Kier alpha value is -1.89. The van der Waals surface area contributed by atoms with E-state index in [1.807, 2.05) is 0 Å². The number of aromatic carboxylic acids is 1. The number of hydrogen-bond donors (Lipinski definition) is 3. The van der Waals surface area contributed by atoms with Gasteiger partial charge < -0.3 is 15.3 Å². The molecule has 108 valence electrons. The lowest BCUT2D eigenvalue weighted by molar-refractivity contribution is 0.0658. The Morgan fingerprint density at radius 3 is 2.70 bits per heavy atom. The topological polar surface area (TPSA) is 101 Å². The van der Waals surface area contributed by atoms with Crippen molar-refractivity contribution >= 4 is 29.0 Å². The maximum absolute atomic E-state index is 11.2. The average molecular weight is 295 g/mol. The first kappa shape index (κ1) is 14.5. The summed E-state index contributed by atoms with van der Waals surface area (Å²) in [5, 5.41) is 13.4. The second-order valence-corrected chi connectivity index (χ2v) is 6.15. The normalized spacial score (nSPS) is 18.6. The van der Waals surface area contributed by atoms with E-state index in [1.54, 1.807) is 6.92 Å². The molecular formula is C13H17N3O3S. The van der Waals surface area contributed by atoms with Crippen molar-refractivity contribution in [2.45, 2.75) is 33.6 Å². The number of nitrogens with zero attached hydrogens (tertiary/aromatic N) is 1. The summed E-state index contributed by atoms with van der Waals surface area (Å²) in [6.07, 6.45) is 1.36. The van der Waals surface area contributed by atoms with Crippen LogP contribution in [0.4, 0.5) is 0 Å². The van der Waals surface area contributed by atoms with Crippen molar-refractivity contribution in [1.29, 1.82) is 0 Å². The Labute approximate surface area is 122 Å². The second kappa shape index (κ2) is 4.90. The van der Waals surface area contributed by atoms with Crippen LogP contribution in [0.1, 0.15) is 47.7 Å². The van der Waals surface area contributed by atoms with Crippen LogP contribution in [0, 0.1) is 12.3 Å². The fraction of sp³-hybridized carbons (Fsp3) is 0.462. The highest BCUT2D eigenvalue weighted by Gasteiger charge is 2.36. The zero-order valence-corrected chi connectivity index (χ0v) is 12.4. The van der Waals surface area contributed by atoms with Crippen molar-refractivity contribution in [3.63, 3.8) is 0 Å². The van der Waals surface area contributed by atoms with Gasteiger partial charge in [-0.1, -0.05) is 13.8 Å². The molecule has 0 aromatic carbocycles. The summed E-state index contributed by atoms with van der Waals surface area (Å²) in [5.41, 5.74) is 9.95. The van der Waals surface area contributed by atoms with E-state index in [0.29, 0.717) is 24.2 Å². The van der Waals surface area contributed by atoms with Gasteiger partial charge in [0.05, 0.1) is 5.71 Å². The molecule has 0 saturated heterocycles. The van der Waals surface area contributed by atoms with Crippen LogP contribution in [-0.2, 0) is 6.42 Å². The van der Waals surface area contributed by atoms with Crippen molar-refractivity contribution in [1.82, 2.24) is 5.43 Å². The predicted molar refractivity (Wildman–Crippen MR) is 79.0 cm³/mol. The molecule has 1 heterocycles. The van der Waals surface area contributed by atoms with Crippen LogP contribution < -0.4 is 11.2 Å². The molecule has 0 fully saturated rings. The molecule has 0 amide bonds. The number of thiocarbonyl (C=S) groups is 1. The van der Waals surface area contributed by atoms with Gasteiger partial charge in [-0.2, -0.15) is 5.10 Å². The smallest absolute Gasteiger partial charge is 0.372 e. The number of rotatable bonds is 2. The van der Waals surface area contributed by atoms with E-state index in [2.05, 4.69) is 24.4 Å². The predicted octanol–water partition coefficient (Wildman–Crippen LogP) is 1.80. The third kappa shape index (κ3) is 2.67. The Morgan fingerprint density at radius 2 is 2.15 bits per heavy atom. The van der Waals surface area contributed by atoms with Crippen molar-refractivity contribution in [2.75, 3.05) is 0 Å². The molecule has 20 heavy (non-hydrogen) atoms. The zero-order chi connectivity index (χ0) is 15.1. The minimum absolute atomic E-state index is 0.0317. The molecule has 0 spiro atoms. The van der Waals surface area contributed by atoms with Crippen LogP contribution in [0.5, 0.6) is 0 Å². The molecule has 1 aromatic heterocycles. The van der Waals surface area contributed by atoms with Gasteiger partial charge in [-0.3, -0.25) is 5.43 Å². The fourth-order valence-electron chi connectivity index (χ4n) is 2.54. The number of nitrogens with one attached hydrogen (secondary N) is 1. The third-order valence-corrected chi connectivity index (χ3v) is 3.38. The Morgan fingerprint density at radius 1 is 1.50 bits per heavy atom. The van der Waals surface area contributed by atoms with Gasteiger partial charge in [-0.25, -0.2) is 4.79 Å². The Kier molecular flexibility index (Phi) is 3.56. The van der Waals surface area contributed by atoms with Crippen molar-refractivity contribution in [3.8, 4) is 0 Å². The lowest BCUT2D eigenvalue weighted by Gasteiger charge is -2.29. The van der Waals surface area contributed by atoms with E-state index >= 15 is 0 Å². The van der Waals surface area contributed by atoms with Gasteiger partial charge in [0.25, 0.3) is 0 Å². The van der Waals surface area contributed by atoms with Crippen LogP contribution >= 0.6 is 12.2 Å². The highest BCUT2D eigenvalue weighted by Crippen LogP contribution is 2.38. The first-order valence-corrected chi connectivity index (χ1v) is 6.60. The van der Waals surface area contributed by atoms with Gasteiger partial charge in [-0.05, 0) is 31.0 Å². The van der Waals surface area contributed by atoms with Gasteiger partial charge in [0, 0.05) is 17.5 Å². The van der Waals surface area contributed by atoms with Crippen LogP contribution in [-0.4, -0.2) is 21.9 Å².